The van der Waals surface area contributed by atoms with Crippen molar-refractivity contribution in [2.45, 2.75) is 0 Å². The average Bonchev–Trinajstić information content (AvgIpc) is 2.06. The number of anilines is 1. The van der Waals surface area contributed by atoms with Crippen LogP contribution in [-0.4, -0.2) is 9.97 Å². The van der Waals surface area contributed by atoms with E-state index in [4.69, 9.17) is 17.3 Å². The van der Waals surface area contributed by atoms with E-state index in [9.17, 15) is 4.79 Å². The first-order valence-corrected chi connectivity index (χ1v) is 3.99. The second kappa shape index (κ2) is 2.74. The first-order chi connectivity index (χ1) is 6.16. The molecular weight excluding hydrogens is 190 g/mol. The smallest absolute Gasteiger partial charge is 0.346 e. The maximum Gasteiger partial charge on any atom is 0.346 e. The molecule has 1 heterocycles. The maximum atomic E-state index is 10.9. The number of nitrogen functional groups attached to an aromatic ring is 1. The van der Waals surface area contributed by atoms with E-state index >= 15 is 0 Å². The van der Waals surface area contributed by atoms with E-state index in [1.807, 2.05) is 0 Å². The molecule has 0 unspecified atom stereocenters. The van der Waals surface area contributed by atoms with Gasteiger partial charge in [-0.25, -0.2) is 4.79 Å². The van der Waals surface area contributed by atoms with Crippen LogP contribution in [0, 0.1) is 0 Å². The van der Waals surface area contributed by atoms with Crippen molar-refractivity contribution in [3.63, 3.8) is 0 Å². The Bertz CT molecular complexity index is 520. The number of nitrogens with one attached hydrogen (secondary N) is 1. The molecule has 0 aliphatic heterocycles. The second-order valence-corrected chi connectivity index (χ2v) is 3.01. The Morgan fingerprint density at radius 3 is 3.00 bits per heavy atom. The van der Waals surface area contributed by atoms with Gasteiger partial charge in [-0.05, 0) is 18.2 Å². The lowest BCUT2D eigenvalue weighted by Gasteiger charge is -1.99. The Hall–Kier alpha value is -1.55. The highest BCUT2D eigenvalue weighted by Crippen LogP contribution is 2.19. The number of rotatable bonds is 0. The van der Waals surface area contributed by atoms with E-state index in [0.717, 1.165) is 0 Å². The third-order valence-electron chi connectivity index (χ3n) is 1.70. The van der Waals surface area contributed by atoms with Gasteiger partial charge in [-0.2, -0.15) is 4.98 Å². The summed E-state index contributed by atoms with van der Waals surface area (Å²) in [5, 5.41) is 0.920. The quantitative estimate of drug-likeness (QED) is 0.490. The number of nitrogens with zero attached hydrogens (tertiary/aromatic N) is 1. The molecule has 0 fully saturated rings. The van der Waals surface area contributed by atoms with Crippen LogP contribution in [0.5, 0.6) is 0 Å². The van der Waals surface area contributed by atoms with E-state index in [-0.39, 0.29) is 5.15 Å². The fraction of sp³-hybridized carbons (Fsp3) is 0. The van der Waals surface area contributed by atoms with Gasteiger partial charge < -0.3 is 5.73 Å². The van der Waals surface area contributed by atoms with Gasteiger partial charge in [0.1, 0.15) is 5.15 Å². The van der Waals surface area contributed by atoms with Crippen molar-refractivity contribution in [3.8, 4) is 0 Å². The van der Waals surface area contributed by atoms with Crippen molar-refractivity contribution < 1.29 is 0 Å². The number of aromatic amines is 1. The Labute approximate surface area is 78.4 Å². The second-order valence-electron chi connectivity index (χ2n) is 2.63. The predicted molar refractivity (Wildman–Crippen MR) is 51.8 cm³/mol. The molecule has 13 heavy (non-hydrogen) atoms. The SMILES string of the molecule is Nc1ccc2nc(=O)[nH]c(Cl)c2c1. The summed E-state index contributed by atoms with van der Waals surface area (Å²) < 4.78 is 0. The van der Waals surface area contributed by atoms with E-state index in [1.54, 1.807) is 18.2 Å². The first kappa shape index (κ1) is 8.07. The van der Waals surface area contributed by atoms with Crippen LogP contribution >= 0.6 is 11.6 Å². The fourth-order valence-electron chi connectivity index (χ4n) is 1.13. The summed E-state index contributed by atoms with van der Waals surface area (Å²) in [5.74, 6) is 0. The van der Waals surface area contributed by atoms with Crippen molar-refractivity contribution in [2.24, 2.45) is 0 Å². The van der Waals surface area contributed by atoms with Crippen LogP contribution in [-0.2, 0) is 0 Å². The van der Waals surface area contributed by atoms with Gasteiger partial charge in [0.25, 0.3) is 0 Å². The lowest BCUT2D eigenvalue weighted by Crippen LogP contribution is -2.09. The van der Waals surface area contributed by atoms with E-state index in [2.05, 4.69) is 9.97 Å². The Kier molecular flexibility index (Phi) is 1.70. The topological polar surface area (TPSA) is 71.8 Å². The van der Waals surface area contributed by atoms with Gasteiger partial charge in [0.2, 0.25) is 0 Å². The van der Waals surface area contributed by atoms with Crippen LogP contribution in [0.15, 0.2) is 23.0 Å². The number of fused-ring (bicyclic) bond motifs is 1. The number of H-pyrrole nitrogens is 1. The monoisotopic (exact) mass is 195 g/mol. The Morgan fingerprint density at radius 1 is 1.46 bits per heavy atom. The zero-order valence-corrected chi connectivity index (χ0v) is 7.30. The maximum absolute atomic E-state index is 10.9. The lowest BCUT2D eigenvalue weighted by molar-refractivity contribution is 1.12. The van der Waals surface area contributed by atoms with Crippen molar-refractivity contribution in [2.75, 3.05) is 5.73 Å². The summed E-state index contributed by atoms with van der Waals surface area (Å²) in [6, 6.07) is 5.00. The van der Waals surface area contributed by atoms with Crippen LogP contribution < -0.4 is 11.4 Å². The molecular formula is C8H6ClN3O. The number of hydrogen-bond donors (Lipinski definition) is 2. The standard InChI is InChI=1S/C8H6ClN3O/c9-7-5-3-4(10)1-2-6(5)11-8(13)12-7/h1-3H,10H2,(H,11,12,13). The summed E-state index contributed by atoms with van der Waals surface area (Å²) in [6.07, 6.45) is 0. The minimum Gasteiger partial charge on any atom is -0.399 e. The molecule has 0 aliphatic carbocycles. The molecule has 0 amide bonds. The summed E-state index contributed by atoms with van der Waals surface area (Å²) >= 11 is 5.78. The van der Waals surface area contributed by atoms with E-state index in [0.29, 0.717) is 16.6 Å². The molecule has 4 nitrogen and oxygen atoms in total. The molecule has 0 radical (unpaired) electrons. The minimum atomic E-state index is -0.456. The van der Waals surface area contributed by atoms with Gasteiger partial charge in [-0.15, -0.1) is 0 Å². The molecule has 1 aromatic carbocycles. The molecule has 0 spiro atoms. The largest absolute Gasteiger partial charge is 0.399 e. The van der Waals surface area contributed by atoms with E-state index in [1.165, 1.54) is 0 Å². The van der Waals surface area contributed by atoms with Crippen LogP contribution in [0.1, 0.15) is 0 Å². The molecule has 3 N–H and O–H groups in total. The number of halogens is 1. The molecule has 2 rings (SSSR count). The average molecular weight is 196 g/mol. The summed E-state index contributed by atoms with van der Waals surface area (Å²) in [4.78, 5) is 17.0. The Morgan fingerprint density at radius 2 is 2.23 bits per heavy atom. The molecule has 1 aromatic heterocycles. The number of nitrogens with two attached hydrogens (primary N) is 1. The van der Waals surface area contributed by atoms with Crippen molar-refractivity contribution in [1.29, 1.82) is 0 Å². The fourth-order valence-corrected chi connectivity index (χ4v) is 1.36. The van der Waals surface area contributed by atoms with Crippen LogP contribution in [0.25, 0.3) is 10.9 Å². The van der Waals surface area contributed by atoms with Crippen LogP contribution in [0.3, 0.4) is 0 Å². The zero-order valence-electron chi connectivity index (χ0n) is 6.54. The van der Waals surface area contributed by atoms with Crippen molar-refractivity contribution >= 4 is 28.2 Å². The minimum absolute atomic E-state index is 0.266. The molecule has 0 saturated heterocycles. The van der Waals surface area contributed by atoms with Crippen LogP contribution in [0.2, 0.25) is 5.15 Å². The highest BCUT2D eigenvalue weighted by atomic mass is 35.5. The molecule has 5 heteroatoms. The van der Waals surface area contributed by atoms with Gasteiger partial charge in [-0.3, -0.25) is 4.98 Å². The van der Waals surface area contributed by atoms with E-state index < -0.39 is 5.69 Å². The summed E-state index contributed by atoms with van der Waals surface area (Å²) in [6.45, 7) is 0. The molecule has 66 valence electrons. The van der Waals surface area contributed by atoms with Gasteiger partial charge >= 0.3 is 5.69 Å². The number of aromatic nitrogens is 2. The van der Waals surface area contributed by atoms with Gasteiger partial charge in [0, 0.05) is 11.1 Å². The van der Waals surface area contributed by atoms with Crippen molar-refractivity contribution in [1.82, 2.24) is 9.97 Å². The number of benzene rings is 1. The third kappa shape index (κ3) is 1.36. The van der Waals surface area contributed by atoms with Gasteiger partial charge in [0.05, 0.1) is 5.52 Å². The summed E-state index contributed by atoms with van der Waals surface area (Å²) in [5.41, 5.74) is 6.23. The predicted octanol–water partition coefficient (Wildman–Crippen LogP) is 1.16. The Balaban J connectivity index is 2.95. The molecule has 0 aliphatic rings. The molecule has 0 saturated carbocycles. The van der Waals surface area contributed by atoms with Gasteiger partial charge in [0.15, 0.2) is 0 Å². The lowest BCUT2D eigenvalue weighted by atomic mass is 10.2. The zero-order chi connectivity index (χ0) is 9.42. The first-order valence-electron chi connectivity index (χ1n) is 3.62. The van der Waals surface area contributed by atoms with Gasteiger partial charge in [-0.1, -0.05) is 11.6 Å². The molecule has 2 aromatic rings. The summed E-state index contributed by atoms with van der Waals surface area (Å²) in [7, 11) is 0. The highest BCUT2D eigenvalue weighted by molar-refractivity contribution is 6.34. The third-order valence-corrected chi connectivity index (χ3v) is 1.99. The normalized spacial score (nSPS) is 10.5. The molecule has 0 atom stereocenters. The number of hydrogen-bond acceptors (Lipinski definition) is 3. The van der Waals surface area contributed by atoms with Crippen LogP contribution in [0.4, 0.5) is 5.69 Å². The highest BCUT2D eigenvalue weighted by Gasteiger charge is 2.01. The molecule has 0 bridgehead atoms. The van der Waals surface area contributed by atoms with Crippen molar-refractivity contribution in [3.05, 3.63) is 33.8 Å².